The molecule has 98 valence electrons. The van der Waals surface area contributed by atoms with Gasteiger partial charge in [0.05, 0.1) is 18.8 Å². The molecule has 0 fully saturated rings. The van der Waals surface area contributed by atoms with Gasteiger partial charge < -0.3 is 15.6 Å². The number of ether oxygens (including phenoxy) is 1. The van der Waals surface area contributed by atoms with Crippen LogP contribution in [0.5, 0.6) is 0 Å². The predicted molar refractivity (Wildman–Crippen MR) is 72.7 cm³/mol. The normalized spacial score (nSPS) is 10.3. The Hall–Kier alpha value is -2.33. The fourth-order valence-electron chi connectivity index (χ4n) is 1.64. The van der Waals surface area contributed by atoms with Crippen molar-refractivity contribution in [1.82, 2.24) is 0 Å². The molecule has 0 heterocycles. The summed E-state index contributed by atoms with van der Waals surface area (Å²) in [5.41, 5.74) is 8.60. The summed E-state index contributed by atoms with van der Waals surface area (Å²) in [5.74, 6) is -0.922. The molecule has 3 N–H and O–H groups in total. The summed E-state index contributed by atoms with van der Waals surface area (Å²) in [6.45, 7) is 0.950. The molecule has 2 rings (SSSR count). The van der Waals surface area contributed by atoms with E-state index < -0.39 is 5.97 Å². The zero-order valence-corrected chi connectivity index (χ0v) is 10.4. The summed E-state index contributed by atoms with van der Waals surface area (Å²) in [5, 5.41) is 8.78. The van der Waals surface area contributed by atoms with E-state index in [1.807, 2.05) is 24.3 Å². The number of anilines is 1. The highest BCUT2D eigenvalue weighted by Gasteiger charge is 2.01. The Bertz CT molecular complexity index is 547. The highest BCUT2D eigenvalue weighted by molar-refractivity contribution is 5.87. The van der Waals surface area contributed by atoms with Crippen molar-refractivity contribution in [2.45, 2.75) is 13.2 Å². The molecule has 0 spiro atoms. The summed E-state index contributed by atoms with van der Waals surface area (Å²) >= 11 is 0. The quantitative estimate of drug-likeness (QED) is 0.808. The molecule has 0 amide bonds. The Morgan fingerprint density at radius 2 is 1.42 bits per heavy atom. The van der Waals surface area contributed by atoms with Crippen LogP contribution in [-0.4, -0.2) is 11.1 Å². The topological polar surface area (TPSA) is 72.5 Å². The Balaban J connectivity index is 1.85. The summed E-state index contributed by atoms with van der Waals surface area (Å²) < 4.78 is 5.56. The van der Waals surface area contributed by atoms with Crippen LogP contribution in [0.3, 0.4) is 0 Å². The van der Waals surface area contributed by atoms with E-state index in [-0.39, 0.29) is 5.56 Å². The molecule has 0 bridgehead atoms. The number of hydrogen-bond acceptors (Lipinski definition) is 3. The van der Waals surface area contributed by atoms with Gasteiger partial charge in [-0.1, -0.05) is 24.3 Å². The molecule has 0 aromatic heterocycles. The van der Waals surface area contributed by atoms with Crippen LogP contribution in [0.4, 0.5) is 5.69 Å². The SMILES string of the molecule is Nc1ccc(COCc2ccc(C(=O)O)cc2)cc1. The van der Waals surface area contributed by atoms with Gasteiger partial charge in [0, 0.05) is 5.69 Å². The third-order valence-electron chi connectivity index (χ3n) is 2.72. The van der Waals surface area contributed by atoms with Gasteiger partial charge in [-0.15, -0.1) is 0 Å². The minimum Gasteiger partial charge on any atom is -0.478 e. The Morgan fingerprint density at radius 1 is 0.947 bits per heavy atom. The molecular formula is C15H15NO3. The second-order valence-electron chi connectivity index (χ2n) is 4.24. The number of nitrogens with two attached hydrogens (primary N) is 1. The van der Waals surface area contributed by atoms with E-state index in [1.54, 1.807) is 24.3 Å². The number of aromatic carboxylic acids is 1. The molecule has 19 heavy (non-hydrogen) atoms. The van der Waals surface area contributed by atoms with Crippen LogP contribution < -0.4 is 5.73 Å². The number of carboxylic acids is 1. The van der Waals surface area contributed by atoms with Crippen LogP contribution >= 0.6 is 0 Å². The van der Waals surface area contributed by atoms with Crippen molar-refractivity contribution in [3.8, 4) is 0 Å². The molecule has 2 aromatic rings. The summed E-state index contributed by atoms with van der Waals surface area (Å²) in [6.07, 6.45) is 0. The number of benzene rings is 2. The van der Waals surface area contributed by atoms with Crippen molar-refractivity contribution in [3.05, 3.63) is 65.2 Å². The van der Waals surface area contributed by atoms with Gasteiger partial charge in [0.15, 0.2) is 0 Å². The Kier molecular flexibility index (Phi) is 4.15. The van der Waals surface area contributed by atoms with Crippen molar-refractivity contribution in [2.24, 2.45) is 0 Å². The molecule has 4 heteroatoms. The molecule has 0 aliphatic carbocycles. The van der Waals surface area contributed by atoms with Gasteiger partial charge in [-0.05, 0) is 35.4 Å². The second kappa shape index (κ2) is 6.02. The van der Waals surface area contributed by atoms with Crippen molar-refractivity contribution < 1.29 is 14.6 Å². The van der Waals surface area contributed by atoms with Gasteiger partial charge in [-0.25, -0.2) is 4.79 Å². The van der Waals surface area contributed by atoms with E-state index in [0.717, 1.165) is 16.8 Å². The van der Waals surface area contributed by atoms with Crippen LogP contribution in [0.15, 0.2) is 48.5 Å². The monoisotopic (exact) mass is 257 g/mol. The van der Waals surface area contributed by atoms with E-state index in [1.165, 1.54) is 0 Å². The summed E-state index contributed by atoms with van der Waals surface area (Å²) in [6, 6.07) is 14.2. The molecule has 0 unspecified atom stereocenters. The van der Waals surface area contributed by atoms with Crippen molar-refractivity contribution >= 4 is 11.7 Å². The number of hydrogen-bond donors (Lipinski definition) is 2. The van der Waals surface area contributed by atoms with Crippen LogP contribution in [-0.2, 0) is 18.0 Å². The Labute approximate surface area is 111 Å². The van der Waals surface area contributed by atoms with Gasteiger partial charge in [0.2, 0.25) is 0 Å². The molecular weight excluding hydrogens is 242 g/mol. The zero-order valence-electron chi connectivity index (χ0n) is 10.4. The van der Waals surface area contributed by atoms with E-state index >= 15 is 0 Å². The van der Waals surface area contributed by atoms with E-state index in [2.05, 4.69) is 0 Å². The highest BCUT2D eigenvalue weighted by atomic mass is 16.5. The molecule has 0 aliphatic heterocycles. The number of carboxylic acid groups (broad SMARTS) is 1. The second-order valence-corrected chi connectivity index (χ2v) is 4.24. The highest BCUT2D eigenvalue weighted by Crippen LogP contribution is 2.10. The summed E-state index contributed by atoms with van der Waals surface area (Å²) in [7, 11) is 0. The molecule has 0 atom stereocenters. The molecule has 0 radical (unpaired) electrons. The van der Waals surface area contributed by atoms with E-state index in [9.17, 15) is 4.79 Å². The maximum absolute atomic E-state index is 10.7. The minimum absolute atomic E-state index is 0.280. The van der Waals surface area contributed by atoms with Gasteiger partial charge in [-0.2, -0.15) is 0 Å². The maximum atomic E-state index is 10.7. The molecule has 4 nitrogen and oxygen atoms in total. The fraction of sp³-hybridized carbons (Fsp3) is 0.133. The van der Waals surface area contributed by atoms with E-state index in [0.29, 0.717) is 13.2 Å². The first kappa shape index (κ1) is 13.1. The summed E-state index contributed by atoms with van der Waals surface area (Å²) in [4.78, 5) is 10.7. The van der Waals surface area contributed by atoms with Crippen LogP contribution in [0, 0.1) is 0 Å². The average molecular weight is 257 g/mol. The first-order valence-corrected chi connectivity index (χ1v) is 5.89. The Morgan fingerprint density at radius 3 is 1.89 bits per heavy atom. The van der Waals surface area contributed by atoms with Crippen molar-refractivity contribution in [1.29, 1.82) is 0 Å². The first-order chi connectivity index (χ1) is 9.15. The third kappa shape index (κ3) is 3.82. The van der Waals surface area contributed by atoms with Gasteiger partial charge in [-0.3, -0.25) is 0 Å². The molecule has 0 saturated heterocycles. The third-order valence-corrected chi connectivity index (χ3v) is 2.72. The smallest absolute Gasteiger partial charge is 0.335 e. The maximum Gasteiger partial charge on any atom is 0.335 e. The molecule has 0 aliphatic rings. The number of carbonyl (C=O) groups is 1. The lowest BCUT2D eigenvalue weighted by Crippen LogP contribution is -1.98. The lowest BCUT2D eigenvalue weighted by atomic mass is 10.1. The molecule has 0 saturated carbocycles. The van der Waals surface area contributed by atoms with Gasteiger partial charge >= 0.3 is 5.97 Å². The van der Waals surface area contributed by atoms with Gasteiger partial charge in [0.1, 0.15) is 0 Å². The van der Waals surface area contributed by atoms with Crippen molar-refractivity contribution in [2.75, 3.05) is 5.73 Å². The zero-order chi connectivity index (χ0) is 13.7. The predicted octanol–water partition coefficient (Wildman–Crippen LogP) is 2.68. The minimum atomic E-state index is -0.922. The van der Waals surface area contributed by atoms with Crippen molar-refractivity contribution in [3.63, 3.8) is 0 Å². The van der Waals surface area contributed by atoms with Crippen LogP contribution in [0.25, 0.3) is 0 Å². The lowest BCUT2D eigenvalue weighted by molar-refractivity contribution is 0.0696. The average Bonchev–Trinajstić information content (AvgIpc) is 2.41. The van der Waals surface area contributed by atoms with Gasteiger partial charge in [0.25, 0.3) is 0 Å². The molecule has 2 aromatic carbocycles. The first-order valence-electron chi connectivity index (χ1n) is 5.89. The van der Waals surface area contributed by atoms with Crippen LogP contribution in [0.2, 0.25) is 0 Å². The standard InChI is InChI=1S/C15H15NO3/c16-14-7-3-12(4-8-14)10-19-9-11-1-5-13(6-2-11)15(17)18/h1-8H,9-10,16H2,(H,17,18). The number of nitrogen functional groups attached to an aromatic ring is 1. The lowest BCUT2D eigenvalue weighted by Gasteiger charge is -2.05. The largest absolute Gasteiger partial charge is 0.478 e. The number of rotatable bonds is 5. The van der Waals surface area contributed by atoms with Crippen LogP contribution in [0.1, 0.15) is 21.5 Å². The van der Waals surface area contributed by atoms with E-state index in [4.69, 9.17) is 15.6 Å². The fourth-order valence-corrected chi connectivity index (χ4v) is 1.64.